The first-order valence-corrected chi connectivity index (χ1v) is 18.3. The SMILES string of the molecule is Cc1ccc(S(=O)(=O)N2CC[C@H]3[C@@H](C2)C[C@]24[C@H](CC(=O)[C@H]32)C[C@@H](C)C[C@H]4O[Si](C)(C)C(C)(C)C)cc1. The Morgan fingerprint density at radius 3 is 2.42 bits per heavy atom. The summed E-state index contributed by atoms with van der Waals surface area (Å²) in [6.45, 7) is 16.9. The highest BCUT2D eigenvalue weighted by molar-refractivity contribution is 7.89. The number of Topliss-reactive ketones (excluding diaryl/α,β-unsaturated/α-hetero) is 1. The van der Waals surface area contributed by atoms with Crippen molar-refractivity contribution in [3.8, 4) is 0 Å². The maximum absolute atomic E-state index is 13.6. The topological polar surface area (TPSA) is 63.7 Å². The van der Waals surface area contributed by atoms with Crippen LogP contribution < -0.4 is 0 Å². The zero-order chi connectivity index (χ0) is 26.3. The van der Waals surface area contributed by atoms with Gasteiger partial charge in [-0.2, -0.15) is 4.31 Å². The number of sulfonamides is 1. The Bertz CT molecular complexity index is 1120. The van der Waals surface area contributed by atoms with Crippen molar-refractivity contribution in [1.82, 2.24) is 4.31 Å². The average Bonchev–Trinajstić information content (AvgIpc) is 3.25. The van der Waals surface area contributed by atoms with E-state index in [1.165, 1.54) is 0 Å². The van der Waals surface area contributed by atoms with E-state index in [0.717, 1.165) is 31.2 Å². The molecular weight excluding hydrogens is 486 g/mol. The van der Waals surface area contributed by atoms with Crippen LogP contribution in [-0.4, -0.2) is 46.0 Å². The molecule has 1 aromatic rings. The van der Waals surface area contributed by atoms with Gasteiger partial charge in [-0.1, -0.05) is 45.4 Å². The molecule has 0 radical (unpaired) electrons. The first kappa shape index (κ1) is 26.6. The van der Waals surface area contributed by atoms with Gasteiger partial charge in [0, 0.05) is 30.8 Å². The highest BCUT2D eigenvalue weighted by Gasteiger charge is 2.69. The fraction of sp³-hybridized carbons (Fsp3) is 0.759. The molecule has 1 aromatic carbocycles. The van der Waals surface area contributed by atoms with Crippen molar-refractivity contribution in [3.63, 3.8) is 0 Å². The summed E-state index contributed by atoms with van der Waals surface area (Å²) in [7, 11) is -5.56. The van der Waals surface area contributed by atoms with Crippen molar-refractivity contribution in [2.75, 3.05) is 13.1 Å². The van der Waals surface area contributed by atoms with Crippen LogP contribution in [-0.2, 0) is 19.2 Å². The number of piperidine rings is 1. The van der Waals surface area contributed by atoms with Crippen molar-refractivity contribution in [1.29, 1.82) is 0 Å². The lowest BCUT2D eigenvalue weighted by Crippen LogP contribution is -2.54. The molecule has 4 aliphatic rings. The van der Waals surface area contributed by atoms with Gasteiger partial charge in [0.15, 0.2) is 8.32 Å². The monoisotopic (exact) mass is 531 g/mol. The lowest BCUT2D eigenvalue weighted by atomic mass is 9.60. The summed E-state index contributed by atoms with van der Waals surface area (Å²) in [6.07, 6.45) is 4.65. The summed E-state index contributed by atoms with van der Waals surface area (Å²) in [5, 5.41) is 0.113. The van der Waals surface area contributed by atoms with Gasteiger partial charge < -0.3 is 4.43 Å². The van der Waals surface area contributed by atoms with E-state index in [1.807, 2.05) is 19.1 Å². The average molecular weight is 532 g/mol. The quantitative estimate of drug-likeness (QED) is 0.445. The lowest BCUT2D eigenvalue weighted by molar-refractivity contribution is -0.126. The molecule has 0 amide bonds. The molecule has 1 saturated heterocycles. The molecule has 200 valence electrons. The molecule has 7 heteroatoms. The van der Waals surface area contributed by atoms with Crippen LogP contribution in [0, 0.1) is 41.9 Å². The summed E-state index contributed by atoms with van der Waals surface area (Å²) < 4.78 is 36.0. The van der Waals surface area contributed by atoms with Gasteiger partial charge in [0.1, 0.15) is 5.78 Å². The molecule has 7 atom stereocenters. The summed E-state index contributed by atoms with van der Waals surface area (Å²) in [4.78, 5) is 14.0. The number of ketones is 1. The summed E-state index contributed by atoms with van der Waals surface area (Å²) in [5.74, 6) is 1.92. The smallest absolute Gasteiger partial charge is 0.243 e. The van der Waals surface area contributed by atoms with Crippen molar-refractivity contribution in [3.05, 3.63) is 29.8 Å². The summed E-state index contributed by atoms with van der Waals surface area (Å²) >= 11 is 0. The molecule has 0 unspecified atom stereocenters. The molecule has 0 aromatic heterocycles. The van der Waals surface area contributed by atoms with Crippen LogP contribution in [0.1, 0.15) is 65.4 Å². The minimum atomic E-state index is -3.53. The van der Waals surface area contributed by atoms with Gasteiger partial charge >= 0.3 is 0 Å². The van der Waals surface area contributed by atoms with Crippen LogP contribution in [0.25, 0.3) is 0 Å². The third-order valence-corrected chi connectivity index (χ3v) is 17.1. The number of nitrogens with zero attached hydrogens (tertiary/aromatic N) is 1. The standard InChI is InChI=1S/C29H45NO4SSi/c1-19-8-10-23(11-9-19)35(32,33)30-13-12-24-21(18-30)17-29-22(16-25(31)27(24)29)14-20(2)15-26(29)34-36(6,7)28(3,4)5/h8-11,20-22,24,26-27H,12-18H2,1-7H3/t20-,21-,22+,24+,26-,27+,29-/m1/s1. The Morgan fingerprint density at radius 1 is 1.11 bits per heavy atom. The van der Waals surface area contributed by atoms with E-state index in [2.05, 4.69) is 40.8 Å². The minimum absolute atomic E-state index is 0.0407. The van der Waals surface area contributed by atoms with Crippen molar-refractivity contribution in [2.45, 2.75) is 95.9 Å². The van der Waals surface area contributed by atoms with Gasteiger partial charge in [0.25, 0.3) is 0 Å². The summed E-state index contributed by atoms with van der Waals surface area (Å²) in [6, 6.07) is 7.19. The van der Waals surface area contributed by atoms with Crippen molar-refractivity contribution < 1.29 is 17.6 Å². The van der Waals surface area contributed by atoms with E-state index in [9.17, 15) is 13.2 Å². The van der Waals surface area contributed by atoms with Crippen LogP contribution in [0.4, 0.5) is 0 Å². The number of carbonyl (C=O) groups excluding carboxylic acids is 1. The Kier molecular flexibility index (Phi) is 6.46. The van der Waals surface area contributed by atoms with Crippen LogP contribution in [0.3, 0.4) is 0 Å². The fourth-order valence-electron chi connectivity index (χ4n) is 8.00. The van der Waals surface area contributed by atoms with Gasteiger partial charge in [0.05, 0.1) is 11.0 Å². The second-order valence-electron chi connectivity index (χ2n) is 14.0. The molecule has 1 spiro atoms. The highest BCUT2D eigenvalue weighted by atomic mass is 32.2. The maximum atomic E-state index is 13.6. The Labute approximate surface area is 219 Å². The molecule has 5 rings (SSSR count). The normalized spacial score (nSPS) is 37.5. The zero-order valence-corrected chi connectivity index (χ0v) is 25.0. The van der Waals surface area contributed by atoms with Gasteiger partial charge in [-0.05, 0) is 86.5 Å². The largest absolute Gasteiger partial charge is 0.413 e. The minimum Gasteiger partial charge on any atom is -0.413 e. The van der Waals surface area contributed by atoms with Gasteiger partial charge in [0.2, 0.25) is 10.0 Å². The number of rotatable bonds is 4. The van der Waals surface area contributed by atoms with Crippen molar-refractivity contribution >= 4 is 24.1 Å². The third-order valence-electron chi connectivity index (χ3n) is 10.7. The number of benzene rings is 1. The predicted molar refractivity (Wildman–Crippen MR) is 146 cm³/mol. The second-order valence-corrected chi connectivity index (χ2v) is 20.7. The third kappa shape index (κ3) is 4.07. The molecule has 0 N–H and O–H groups in total. The Morgan fingerprint density at radius 2 is 1.78 bits per heavy atom. The molecule has 5 nitrogen and oxygen atoms in total. The van der Waals surface area contributed by atoms with E-state index < -0.39 is 18.3 Å². The first-order valence-electron chi connectivity index (χ1n) is 13.9. The summed E-state index contributed by atoms with van der Waals surface area (Å²) in [5.41, 5.74) is 0.942. The Hall–Kier alpha value is -1.02. The molecular formula is C29H45NO4SSi. The van der Waals surface area contributed by atoms with E-state index >= 15 is 0 Å². The predicted octanol–water partition coefficient (Wildman–Crippen LogP) is 6.04. The highest BCUT2D eigenvalue weighted by Crippen LogP contribution is 2.68. The number of hydrogen-bond acceptors (Lipinski definition) is 4. The molecule has 1 aliphatic heterocycles. The van der Waals surface area contributed by atoms with E-state index in [0.29, 0.717) is 42.0 Å². The van der Waals surface area contributed by atoms with Crippen LogP contribution >= 0.6 is 0 Å². The number of carbonyl (C=O) groups is 1. The molecule has 36 heavy (non-hydrogen) atoms. The molecule has 3 saturated carbocycles. The van der Waals surface area contributed by atoms with Gasteiger partial charge in [-0.15, -0.1) is 0 Å². The van der Waals surface area contributed by atoms with E-state index in [-0.39, 0.29) is 34.3 Å². The van der Waals surface area contributed by atoms with Gasteiger partial charge in [-0.3, -0.25) is 4.79 Å². The number of hydrogen-bond donors (Lipinski definition) is 0. The molecule has 3 aliphatic carbocycles. The number of aryl methyl sites for hydroxylation is 1. The van der Waals surface area contributed by atoms with Crippen LogP contribution in [0.5, 0.6) is 0 Å². The molecule has 1 heterocycles. The fourth-order valence-corrected chi connectivity index (χ4v) is 10.9. The maximum Gasteiger partial charge on any atom is 0.243 e. The molecule has 0 bridgehead atoms. The van der Waals surface area contributed by atoms with Gasteiger partial charge in [-0.25, -0.2) is 8.42 Å². The zero-order valence-electron chi connectivity index (χ0n) is 23.2. The molecule has 4 fully saturated rings. The first-order chi connectivity index (χ1) is 16.7. The van der Waals surface area contributed by atoms with Crippen LogP contribution in [0.15, 0.2) is 29.2 Å². The van der Waals surface area contributed by atoms with Crippen LogP contribution in [0.2, 0.25) is 18.1 Å². The lowest BCUT2D eigenvalue weighted by Gasteiger charge is -2.52. The Balaban J connectivity index is 1.46. The number of fused-ring (bicyclic) bond motifs is 2. The van der Waals surface area contributed by atoms with E-state index in [4.69, 9.17) is 4.43 Å². The van der Waals surface area contributed by atoms with E-state index in [1.54, 1.807) is 16.4 Å². The van der Waals surface area contributed by atoms with Crippen molar-refractivity contribution in [2.24, 2.45) is 35.0 Å². The second kappa shape index (κ2) is 8.75.